The number of carbonyl (C=O) groups excluding carboxylic acids is 2. The van der Waals surface area contributed by atoms with E-state index in [1.165, 1.54) is 0 Å². The molecule has 2 saturated heterocycles. The van der Waals surface area contributed by atoms with Gasteiger partial charge in [0.2, 0.25) is 5.91 Å². The number of piperidine rings is 1. The van der Waals surface area contributed by atoms with Gasteiger partial charge in [-0.15, -0.1) is 0 Å². The first-order valence-corrected chi connectivity index (χ1v) is 14.3. The highest BCUT2D eigenvalue weighted by atomic mass is 32.2. The van der Waals surface area contributed by atoms with Gasteiger partial charge in [0.1, 0.15) is 15.6 Å². The molecule has 0 spiro atoms. The summed E-state index contributed by atoms with van der Waals surface area (Å²) >= 11 is 1.68. The molecule has 2 aliphatic heterocycles. The Morgan fingerprint density at radius 2 is 1.63 bits per heavy atom. The first-order chi connectivity index (χ1) is 13.8. The number of nitrogens with zero attached hydrogens (tertiary/aromatic N) is 1. The van der Waals surface area contributed by atoms with Crippen molar-refractivity contribution in [1.29, 1.82) is 0 Å². The van der Waals surface area contributed by atoms with Crippen LogP contribution < -0.4 is 5.32 Å². The summed E-state index contributed by atoms with van der Waals surface area (Å²) in [5, 5.41) is 3.04. The number of hydrogen-bond donors (Lipinski definition) is 1. The van der Waals surface area contributed by atoms with Crippen LogP contribution in [0, 0.1) is 11.8 Å². The Morgan fingerprint density at radius 3 is 2.13 bits per heavy atom. The van der Waals surface area contributed by atoms with E-state index in [4.69, 9.17) is 0 Å². The molecule has 0 radical (unpaired) electrons. The van der Waals surface area contributed by atoms with E-state index in [2.05, 4.69) is 45.0 Å². The highest BCUT2D eigenvalue weighted by molar-refractivity contribution is 7.98. The predicted octanol–water partition coefficient (Wildman–Crippen LogP) is 2.91. The molecule has 0 aromatic heterocycles. The van der Waals surface area contributed by atoms with Crippen molar-refractivity contribution in [3.63, 3.8) is 0 Å². The SMILES string of the molecule is CSCCC(CC(=O)C1CC(C)(C)N(C)C(C)(C)C1)C(=O)NC1CCS(=O)(=O)CC1. The molecule has 6 nitrogen and oxygen atoms in total. The quantitative estimate of drug-likeness (QED) is 0.600. The average molecular weight is 461 g/mol. The van der Waals surface area contributed by atoms with E-state index in [0.29, 0.717) is 19.3 Å². The topological polar surface area (TPSA) is 83.6 Å². The molecule has 1 amide bonds. The van der Waals surface area contributed by atoms with Crippen LogP contribution in [0.4, 0.5) is 0 Å². The Labute approximate surface area is 187 Å². The van der Waals surface area contributed by atoms with Crippen molar-refractivity contribution in [3.05, 3.63) is 0 Å². The Balaban J connectivity index is 2.02. The molecule has 0 aliphatic carbocycles. The van der Waals surface area contributed by atoms with Crippen molar-refractivity contribution >= 4 is 33.3 Å². The van der Waals surface area contributed by atoms with E-state index in [1.807, 2.05) is 6.26 Å². The van der Waals surface area contributed by atoms with Gasteiger partial charge in [0.15, 0.2) is 0 Å². The number of amides is 1. The van der Waals surface area contributed by atoms with E-state index in [0.717, 1.165) is 18.6 Å². The van der Waals surface area contributed by atoms with Gasteiger partial charge < -0.3 is 5.32 Å². The molecule has 2 heterocycles. The van der Waals surface area contributed by atoms with Gasteiger partial charge >= 0.3 is 0 Å². The van der Waals surface area contributed by atoms with Gasteiger partial charge in [-0.2, -0.15) is 11.8 Å². The van der Waals surface area contributed by atoms with Gasteiger partial charge in [-0.1, -0.05) is 0 Å². The van der Waals surface area contributed by atoms with Gasteiger partial charge in [-0.3, -0.25) is 14.5 Å². The van der Waals surface area contributed by atoms with Crippen LogP contribution in [0.3, 0.4) is 0 Å². The second-order valence-corrected chi connectivity index (χ2v) is 13.7. The molecule has 30 heavy (non-hydrogen) atoms. The Hall–Kier alpha value is -0.600. The van der Waals surface area contributed by atoms with Crippen molar-refractivity contribution in [1.82, 2.24) is 10.2 Å². The number of thioether (sulfide) groups is 1. The molecule has 1 unspecified atom stereocenters. The summed E-state index contributed by atoms with van der Waals surface area (Å²) in [5.74, 6) is 0.822. The maximum atomic E-state index is 13.3. The van der Waals surface area contributed by atoms with Gasteiger partial charge in [-0.05, 0) is 78.9 Å². The fraction of sp³-hybridized carbons (Fsp3) is 0.909. The third-order valence-corrected chi connectivity index (χ3v) is 9.51. The summed E-state index contributed by atoms with van der Waals surface area (Å²) in [4.78, 5) is 28.6. The zero-order valence-electron chi connectivity index (χ0n) is 19.5. The lowest BCUT2D eigenvalue weighted by atomic mass is 9.71. The Bertz CT molecular complexity index is 701. The Kier molecular flexibility index (Phi) is 8.47. The van der Waals surface area contributed by atoms with Crippen LogP contribution in [0.1, 0.15) is 66.2 Å². The van der Waals surface area contributed by atoms with Gasteiger partial charge in [0, 0.05) is 35.4 Å². The molecule has 2 fully saturated rings. The summed E-state index contributed by atoms with van der Waals surface area (Å²) in [6, 6.07) is -0.103. The predicted molar refractivity (Wildman–Crippen MR) is 125 cm³/mol. The lowest BCUT2D eigenvalue weighted by Crippen LogP contribution is -2.59. The minimum atomic E-state index is -2.96. The number of likely N-dealkylation sites (tertiary alicyclic amines) is 1. The molecule has 8 heteroatoms. The lowest BCUT2D eigenvalue weighted by Gasteiger charge is -2.53. The number of hydrogen-bond acceptors (Lipinski definition) is 6. The van der Waals surface area contributed by atoms with E-state index in [9.17, 15) is 18.0 Å². The third-order valence-electron chi connectivity index (χ3n) is 7.15. The molecule has 1 atom stereocenters. The van der Waals surface area contributed by atoms with Crippen molar-refractivity contribution in [3.8, 4) is 0 Å². The normalized spacial score (nSPS) is 25.5. The number of rotatable bonds is 8. The zero-order valence-corrected chi connectivity index (χ0v) is 21.1. The molecular weight excluding hydrogens is 420 g/mol. The lowest BCUT2D eigenvalue weighted by molar-refractivity contribution is -0.135. The molecule has 2 aliphatic rings. The molecule has 1 N–H and O–H groups in total. The number of Topliss-reactive ketones (excluding diaryl/α,β-unsaturated/α-hetero) is 1. The van der Waals surface area contributed by atoms with Crippen LogP contribution in [0.25, 0.3) is 0 Å². The molecule has 0 aromatic carbocycles. The standard InChI is InChI=1S/C22H40N2O4S2/c1-21(2)14-17(15-22(3,4)24(21)5)19(25)13-16(7-10-29-6)20(26)23-18-8-11-30(27,28)12-9-18/h16-18H,7-15H2,1-6H3,(H,23,26). The van der Waals surface area contributed by atoms with E-state index < -0.39 is 9.84 Å². The highest BCUT2D eigenvalue weighted by Crippen LogP contribution is 2.41. The largest absolute Gasteiger partial charge is 0.353 e. The van der Waals surface area contributed by atoms with Crippen LogP contribution in [0.5, 0.6) is 0 Å². The third kappa shape index (κ3) is 6.70. The summed E-state index contributed by atoms with van der Waals surface area (Å²) in [6.07, 6.45) is 5.50. The smallest absolute Gasteiger partial charge is 0.223 e. The fourth-order valence-electron chi connectivity index (χ4n) is 4.95. The van der Waals surface area contributed by atoms with Crippen molar-refractivity contribution < 1.29 is 18.0 Å². The van der Waals surface area contributed by atoms with Crippen LogP contribution in [0.2, 0.25) is 0 Å². The van der Waals surface area contributed by atoms with Crippen LogP contribution in [0.15, 0.2) is 0 Å². The van der Waals surface area contributed by atoms with Crippen molar-refractivity contribution in [2.24, 2.45) is 11.8 Å². The van der Waals surface area contributed by atoms with Gasteiger partial charge in [0.05, 0.1) is 11.5 Å². The number of ketones is 1. The molecule has 0 saturated carbocycles. The van der Waals surface area contributed by atoms with Gasteiger partial charge in [0.25, 0.3) is 0 Å². The van der Waals surface area contributed by atoms with Crippen LogP contribution in [-0.2, 0) is 19.4 Å². The average Bonchev–Trinajstić information content (AvgIpc) is 2.64. The maximum Gasteiger partial charge on any atom is 0.223 e. The minimum absolute atomic E-state index is 0.0318. The maximum absolute atomic E-state index is 13.3. The number of nitrogens with one attached hydrogen (secondary N) is 1. The first-order valence-electron chi connectivity index (χ1n) is 11.0. The molecule has 0 bridgehead atoms. The Morgan fingerprint density at radius 1 is 1.10 bits per heavy atom. The molecule has 174 valence electrons. The zero-order chi connectivity index (χ0) is 22.7. The monoisotopic (exact) mass is 460 g/mol. The first kappa shape index (κ1) is 25.7. The summed E-state index contributed by atoms with van der Waals surface area (Å²) in [7, 11) is -0.834. The molecule has 2 rings (SSSR count). The van der Waals surface area contributed by atoms with Gasteiger partial charge in [-0.25, -0.2) is 8.42 Å². The minimum Gasteiger partial charge on any atom is -0.353 e. The highest BCUT2D eigenvalue weighted by Gasteiger charge is 2.45. The van der Waals surface area contributed by atoms with E-state index in [1.54, 1.807) is 11.8 Å². The molecule has 0 aromatic rings. The second kappa shape index (κ2) is 9.90. The number of sulfone groups is 1. The van der Waals surface area contributed by atoms with E-state index >= 15 is 0 Å². The molecular formula is C22H40N2O4S2. The van der Waals surface area contributed by atoms with E-state index in [-0.39, 0.29) is 58.6 Å². The van der Waals surface area contributed by atoms with Crippen LogP contribution in [-0.4, -0.2) is 72.7 Å². The summed E-state index contributed by atoms with van der Waals surface area (Å²) in [5.41, 5.74) is -0.126. The second-order valence-electron chi connectivity index (χ2n) is 10.4. The number of carbonyl (C=O) groups is 2. The van der Waals surface area contributed by atoms with Crippen molar-refractivity contribution in [2.75, 3.05) is 30.6 Å². The summed E-state index contributed by atoms with van der Waals surface area (Å²) in [6.45, 7) is 8.74. The summed E-state index contributed by atoms with van der Waals surface area (Å²) < 4.78 is 23.3. The fourth-order valence-corrected chi connectivity index (χ4v) is 6.96. The van der Waals surface area contributed by atoms with Crippen LogP contribution >= 0.6 is 11.8 Å². The van der Waals surface area contributed by atoms with Crippen molar-refractivity contribution in [2.45, 2.75) is 83.3 Å².